The van der Waals surface area contributed by atoms with Crippen molar-refractivity contribution in [1.29, 1.82) is 0 Å². The maximum Gasteiger partial charge on any atom is 0.307 e. The summed E-state index contributed by atoms with van der Waals surface area (Å²) in [4.78, 5) is 23.8. The van der Waals surface area contributed by atoms with Crippen LogP contribution in [0.4, 0.5) is 0 Å². The molecule has 0 unspecified atom stereocenters. The number of rotatable bonds is 2. The summed E-state index contributed by atoms with van der Waals surface area (Å²) in [5.41, 5.74) is 0. The molecular weight excluding hydrogens is 170 g/mol. The summed E-state index contributed by atoms with van der Waals surface area (Å²) in [5.74, 6) is -1.65. The zero-order valence-corrected chi connectivity index (χ0v) is 7.99. The van der Waals surface area contributed by atoms with Gasteiger partial charge in [-0.1, -0.05) is 6.42 Å². The number of carboxylic acids is 1. The molecule has 1 rings (SSSR count). The van der Waals surface area contributed by atoms with Gasteiger partial charge in [-0.05, 0) is 12.8 Å². The van der Waals surface area contributed by atoms with E-state index in [0.717, 1.165) is 6.42 Å². The van der Waals surface area contributed by atoms with Gasteiger partial charge in [-0.25, -0.2) is 0 Å². The second kappa shape index (κ2) is 3.77. The molecule has 1 aliphatic carbocycles. The SMILES string of the molecule is CN(C)C(=O)[C@@H]1CCC[C@@H]1C(=O)O. The molecule has 0 spiro atoms. The van der Waals surface area contributed by atoms with Crippen LogP contribution in [0.25, 0.3) is 0 Å². The first-order valence-electron chi connectivity index (χ1n) is 4.48. The van der Waals surface area contributed by atoms with Gasteiger partial charge in [-0.3, -0.25) is 9.59 Å². The van der Waals surface area contributed by atoms with Crippen molar-refractivity contribution in [2.24, 2.45) is 11.8 Å². The monoisotopic (exact) mass is 185 g/mol. The lowest BCUT2D eigenvalue weighted by molar-refractivity contribution is -0.148. The third-order valence-electron chi connectivity index (χ3n) is 2.59. The Hall–Kier alpha value is -1.06. The van der Waals surface area contributed by atoms with Crippen LogP contribution in [0.5, 0.6) is 0 Å². The van der Waals surface area contributed by atoms with Gasteiger partial charge in [0, 0.05) is 14.1 Å². The molecule has 0 saturated heterocycles. The molecule has 1 fully saturated rings. The van der Waals surface area contributed by atoms with Crippen LogP contribution in [-0.2, 0) is 9.59 Å². The van der Waals surface area contributed by atoms with Gasteiger partial charge in [0.15, 0.2) is 0 Å². The predicted octanol–water partition coefficient (Wildman–Crippen LogP) is 0.575. The second-order valence-electron chi connectivity index (χ2n) is 3.71. The maximum absolute atomic E-state index is 11.5. The van der Waals surface area contributed by atoms with Gasteiger partial charge in [0.2, 0.25) is 5.91 Å². The van der Waals surface area contributed by atoms with E-state index < -0.39 is 11.9 Å². The number of hydrogen-bond donors (Lipinski definition) is 1. The Balaban J connectivity index is 2.68. The van der Waals surface area contributed by atoms with Crippen molar-refractivity contribution in [1.82, 2.24) is 4.90 Å². The molecule has 13 heavy (non-hydrogen) atoms. The fourth-order valence-electron chi connectivity index (χ4n) is 1.88. The number of carbonyl (C=O) groups excluding carboxylic acids is 1. The Morgan fingerprint density at radius 2 is 1.77 bits per heavy atom. The summed E-state index contributed by atoms with van der Waals surface area (Å²) < 4.78 is 0. The van der Waals surface area contributed by atoms with E-state index in [0.29, 0.717) is 12.8 Å². The van der Waals surface area contributed by atoms with Gasteiger partial charge in [-0.2, -0.15) is 0 Å². The molecule has 1 saturated carbocycles. The molecular formula is C9H15NO3. The van der Waals surface area contributed by atoms with E-state index in [1.54, 1.807) is 14.1 Å². The van der Waals surface area contributed by atoms with E-state index in [4.69, 9.17) is 5.11 Å². The lowest BCUT2D eigenvalue weighted by Gasteiger charge is -2.19. The minimum atomic E-state index is -0.835. The fourth-order valence-corrected chi connectivity index (χ4v) is 1.88. The molecule has 0 heterocycles. The summed E-state index contributed by atoms with van der Waals surface area (Å²) in [5, 5.41) is 8.84. The van der Waals surface area contributed by atoms with Gasteiger partial charge in [0.05, 0.1) is 11.8 Å². The van der Waals surface area contributed by atoms with Crippen molar-refractivity contribution < 1.29 is 14.7 Å². The molecule has 1 aliphatic rings. The number of nitrogens with zero attached hydrogens (tertiary/aromatic N) is 1. The topological polar surface area (TPSA) is 57.6 Å². The summed E-state index contributed by atoms with van der Waals surface area (Å²) in [6.07, 6.45) is 2.20. The third kappa shape index (κ3) is 1.99. The standard InChI is InChI=1S/C9H15NO3/c1-10(2)8(11)6-4-3-5-7(6)9(12)13/h6-7H,3-5H2,1-2H3,(H,12,13)/t6-,7+/m1/s1. The Morgan fingerprint density at radius 1 is 1.23 bits per heavy atom. The number of carbonyl (C=O) groups is 2. The van der Waals surface area contributed by atoms with Crippen LogP contribution < -0.4 is 0 Å². The number of hydrogen-bond acceptors (Lipinski definition) is 2. The highest BCUT2D eigenvalue weighted by Crippen LogP contribution is 2.32. The number of amides is 1. The maximum atomic E-state index is 11.5. The molecule has 4 nitrogen and oxygen atoms in total. The largest absolute Gasteiger partial charge is 0.481 e. The van der Waals surface area contributed by atoms with Crippen LogP contribution in [0.3, 0.4) is 0 Å². The van der Waals surface area contributed by atoms with E-state index in [1.807, 2.05) is 0 Å². The molecule has 74 valence electrons. The zero-order valence-electron chi connectivity index (χ0n) is 7.99. The molecule has 0 bridgehead atoms. The van der Waals surface area contributed by atoms with E-state index in [1.165, 1.54) is 4.90 Å². The first kappa shape index (κ1) is 10.0. The minimum Gasteiger partial charge on any atom is -0.481 e. The number of aliphatic carboxylic acids is 1. The Kier molecular flexibility index (Phi) is 2.90. The van der Waals surface area contributed by atoms with Crippen molar-refractivity contribution in [3.8, 4) is 0 Å². The molecule has 0 aliphatic heterocycles. The predicted molar refractivity (Wildman–Crippen MR) is 47.2 cm³/mol. The number of carboxylic acid groups (broad SMARTS) is 1. The van der Waals surface area contributed by atoms with Crippen LogP contribution in [0, 0.1) is 11.8 Å². The third-order valence-corrected chi connectivity index (χ3v) is 2.59. The molecule has 0 aromatic rings. The van der Waals surface area contributed by atoms with Crippen LogP contribution in [0.1, 0.15) is 19.3 Å². The first-order chi connectivity index (χ1) is 6.04. The van der Waals surface area contributed by atoms with Crippen LogP contribution in [0.2, 0.25) is 0 Å². The van der Waals surface area contributed by atoms with E-state index >= 15 is 0 Å². The van der Waals surface area contributed by atoms with Gasteiger partial charge in [0.25, 0.3) is 0 Å². The van der Waals surface area contributed by atoms with E-state index in [9.17, 15) is 9.59 Å². The highest BCUT2D eigenvalue weighted by molar-refractivity contribution is 5.84. The lowest BCUT2D eigenvalue weighted by Crippen LogP contribution is -2.34. The van der Waals surface area contributed by atoms with Gasteiger partial charge < -0.3 is 10.0 Å². The van der Waals surface area contributed by atoms with Gasteiger partial charge in [-0.15, -0.1) is 0 Å². The molecule has 0 aromatic heterocycles. The smallest absolute Gasteiger partial charge is 0.307 e. The Bertz CT molecular complexity index is 225. The second-order valence-corrected chi connectivity index (χ2v) is 3.71. The van der Waals surface area contributed by atoms with Crippen molar-refractivity contribution in [3.63, 3.8) is 0 Å². The van der Waals surface area contributed by atoms with Crippen LogP contribution in [-0.4, -0.2) is 36.0 Å². The Morgan fingerprint density at radius 3 is 2.23 bits per heavy atom. The molecule has 0 radical (unpaired) electrons. The molecule has 1 amide bonds. The molecule has 0 aromatic carbocycles. The lowest BCUT2D eigenvalue weighted by atomic mass is 9.95. The summed E-state index contributed by atoms with van der Waals surface area (Å²) >= 11 is 0. The highest BCUT2D eigenvalue weighted by atomic mass is 16.4. The van der Waals surface area contributed by atoms with Crippen molar-refractivity contribution >= 4 is 11.9 Å². The van der Waals surface area contributed by atoms with E-state index in [-0.39, 0.29) is 11.8 Å². The molecule has 4 heteroatoms. The zero-order chi connectivity index (χ0) is 10.0. The van der Waals surface area contributed by atoms with Crippen molar-refractivity contribution in [2.45, 2.75) is 19.3 Å². The van der Waals surface area contributed by atoms with E-state index in [2.05, 4.69) is 0 Å². The normalized spacial score (nSPS) is 27.2. The Labute approximate surface area is 77.5 Å². The molecule has 2 atom stereocenters. The van der Waals surface area contributed by atoms with Crippen molar-refractivity contribution in [2.75, 3.05) is 14.1 Å². The average Bonchev–Trinajstić information content (AvgIpc) is 2.50. The highest BCUT2D eigenvalue weighted by Gasteiger charge is 2.38. The quantitative estimate of drug-likeness (QED) is 0.684. The van der Waals surface area contributed by atoms with Crippen LogP contribution >= 0.6 is 0 Å². The van der Waals surface area contributed by atoms with Gasteiger partial charge in [0.1, 0.15) is 0 Å². The molecule has 1 N–H and O–H groups in total. The first-order valence-corrected chi connectivity index (χ1v) is 4.48. The van der Waals surface area contributed by atoms with Gasteiger partial charge >= 0.3 is 5.97 Å². The van der Waals surface area contributed by atoms with Crippen LogP contribution in [0.15, 0.2) is 0 Å². The summed E-state index contributed by atoms with van der Waals surface area (Å²) in [6.45, 7) is 0. The summed E-state index contributed by atoms with van der Waals surface area (Å²) in [7, 11) is 3.33. The summed E-state index contributed by atoms with van der Waals surface area (Å²) in [6, 6.07) is 0. The fraction of sp³-hybridized carbons (Fsp3) is 0.778. The van der Waals surface area contributed by atoms with Crippen molar-refractivity contribution in [3.05, 3.63) is 0 Å². The average molecular weight is 185 g/mol. The minimum absolute atomic E-state index is 0.0510.